The molecule has 0 spiro atoms. The van der Waals surface area contributed by atoms with Gasteiger partial charge >= 0.3 is 11.9 Å². The first-order valence-corrected chi connectivity index (χ1v) is 21.2. The molecule has 60 heavy (non-hydrogen) atoms. The van der Waals surface area contributed by atoms with Crippen molar-refractivity contribution in [3.63, 3.8) is 0 Å². The van der Waals surface area contributed by atoms with Gasteiger partial charge in [-0.2, -0.15) is 0 Å². The third-order valence-corrected chi connectivity index (χ3v) is 11.8. The Morgan fingerprint density at radius 1 is 0.400 bits per heavy atom. The topological polar surface area (TPSA) is 134 Å². The first-order chi connectivity index (χ1) is 27.5. The van der Waals surface area contributed by atoms with Crippen LogP contribution in [0.2, 0.25) is 0 Å². The molecule has 8 heteroatoms. The number of phenols is 4. The number of phenolic OH excluding ortho intramolecular Hbond substituents is 4. The summed E-state index contributed by atoms with van der Waals surface area (Å²) in [5.74, 6) is -0.0401. The second-order valence-electron chi connectivity index (χ2n) is 21.1. The third-order valence-electron chi connectivity index (χ3n) is 11.8. The van der Waals surface area contributed by atoms with Crippen molar-refractivity contribution >= 4 is 11.9 Å². The minimum atomic E-state index is -0.850. The summed E-state index contributed by atoms with van der Waals surface area (Å²) < 4.78 is 11.6. The van der Waals surface area contributed by atoms with Gasteiger partial charge in [-0.25, -0.2) is 0 Å². The third kappa shape index (κ3) is 11.0. The lowest BCUT2D eigenvalue weighted by Gasteiger charge is -2.33. The molecule has 0 amide bonds. The van der Waals surface area contributed by atoms with E-state index < -0.39 is 22.8 Å². The highest BCUT2D eigenvalue weighted by molar-refractivity contribution is 5.74. The molecule has 0 aliphatic carbocycles. The Hall–Kier alpha value is -4.98. The number of aromatic hydroxyl groups is 4. The van der Waals surface area contributed by atoms with Crippen LogP contribution in [0.1, 0.15) is 167 Å². The van der Waals surface area contributed by atoms with E-state index >= 15 is 0 Å². The van der Waals surface area contributed by atoms with E-state index in [2.05, 4.69) is 0 Å². The summed E-state index contributed by atoms with van der Waals surface area (Å²) in [7, 11) is 0. The monoisotopic (exact) mass is 823 g/mol. The second kappa shape index (κ2) is 17.6. The van der Waals surface area contributed by atoms with Crippen LogP contribution in [0, 0.1) is 0 Å². The van der Waals surface area contributed by atoms with E-state index in [9.17, 15) is 30.0 Å². The molecule has 8 nitrogen and oxygen atoms in total. The molecule has 4 aromatic rings. The summed E-state index contributed by atoms with van der Waals surface area (Å²) in [6.45, 7) is 28.6. The fourth-order valence-electron chi connectivity index (χ4n) is 7.92. The van der Waals surface area contributed by atoms with Gasteiger partial charge in [0, 0.05) is 10.8 Å². The fourth-order valence-corrected chi connectivity index (χ4v) is 7.92. The number of rotatable bonds is 13. The van der Waals surface area contributed by atoms with Gasteiger partial charge in [0.1, 0.15) is 23.0 Å². The summed E-state index contributed by atoms with van der Waals surface area (Å²) >= 11 is 0. The summed E-state index contributed by atoms with van der Waals surface area (Å²) in [4.78, 5) is 27.3. The van der Waals surface area contributed by atoms with Crippen LogP contribution in [0.5, 0.6) is 23.0 Å². The minimum absolute atomic E-state index is 0.0195. The van der Waals surface area contributed by atoms with Gasteiger partial charge in [0.25, 0.3) is 0 Å². The average molecular weight is 823 g/mol. The van der Waals surface area contributed by atoms with Crippen molar-refractivity contribution in [3.8, 4) is 23.0 Å². The lowest BCUT2D eigenvalue weighted by molar-refractivity contribution is -0.147. The van der Waals surface area contributed by atoms with Gasteiger partial charge < -0.3 is 29.9 Å². The van der Waals surface area contributed by atoms with E-state index in [1.165, 1.54) is 0 Å². The number of ether oxygens (including phenoxy) is 2. The largest absolute Gasteiger partial charge is 0.508 e. The van der Waals surface area contributed by atoms with Gasteiger partial charge in [-0.15, -0.1) is 0 Å². The highest BCUT2D eigenvalue weighted by Gasteiger charge is 2.37. The first-order valence-electron chi connectivity index (χ1n) is 21.2. The molecule has 0 aromatic heterocycles. The van der Waals surface area contributed by atoms with Gasteiger partial charge in [0.05, 0.1) is 26.1 Å². The Morgan fingerprint density at radius 2 is 0.617 bits per heavy atom. The van der Waals surface area contributed by atoms with Gasteiger partial charge in [0.2, 0.25) is 0 Å². The Morgan fingerprint density at radius 3 is 0.817 bits per heavy atom. The van der Waals surface area contributed by atoms with Gasteiger partial charge in [-0.3, -0.25) is 9.59 Å². The summed E-state index contributed by atoms with van der Waals surface area (Å²) in [6, 6.07) is 21.9. The van der Waals surface area contributed by atoms with E-state index in [1.807, 2.05) is 145 Å². The lowest BCUT2D eigenvalue weighted by atomic mass is 9.70. The van der Waals surface area contributed by atoms with Gasteiger partial charge in [-0.1, -0.05) is 145 Å². The standard InChI is InChI=1S/C52H70O8/c1-47(2,3)37-27-33(17-21-41(37)53)51(13,34-18-22-42(54)38(28-34)48(4,5)6)31-45(57)59-25-15-16-26-60-46(58)32-52(14,35-19-23-43(55)39(29-35)49(7,8)9)36-20-24-44(56)40(30-36)50(10,11)12/h17-24,27-30,53-56H,15-16,25-26,31-32H2,1-14H3. The normalized spacial score (nSPS) is 13.0. The molecule has 0 fully saturated rings. The molecule has 4 N–H and O–H groups in total. The average Bonchev–Trinajstić information content (AvgIpc) is 3.11. The molecular weight excluding hydrogens is 753 g/mol. The molecular formula is C52H70O8. The maximum Gasteiger partial charge on any atom is 0.307 e. The molecule has 0 aliphatic heterocycles. The Labute approximate surface area is 359 Å². The van der Waals surface area contributed by atoms with Crippen molar-refractivity contribution < 1.29 is 39.5 Å². The van der Waals surface area contributed by atoms with Crippen molar-refractivity contribution in [2.45, 2.75) is 155 Å². The number of carbonyl (C=O) groups excluding carboxylic acids is 2. The number of unbranched alkanes of at least 4 members (excludes halogenated alkanes) is 1. The Kier molecular flexibility index (Phi) is 14.0. The molecule has 0 atom stereocenters. The molecule has 0 bridgehead atoms. The van der Waals surface area contributed by atoms with Gasteiger partial charge in [-0.05, 0) is 103 Å². The van der Waals surface area contributed by atoms with Crippen LogP contribution >= 0.6 is 0 Å². The van der Waals surface area contributed by atoms with Crippen molar-refractivity contribution in [2.75, 3.05) is 13.2 Å². The molecule has 4 aromatic carbocycles. The van der Waals surface area contributed by atoms with Crippen molar-refractivity contribution in [1.82, 2.24) is 0 Å². The SMILES string of the molecule is CC(C)(C)c1cc(C(C)(CC(=O)OCCCCOC(=O)CC(C)(c2ccc(O)c(C(C)(C)C)c2)c2ccc(O)c(C(C)(C)C)c2)c2ccc(O)c(C(C)(C)C)c2)ccc1O. The molecule has 0 radical (unpaired) electrons. The second-order valence-corrected chi connectivity index (χ2v) is 21.1. The van der Waals surface area contributed by atoms with Crippen molar-refractivity contribution in [2.24, 2.45) is 0 Å². The van der Waals surface area contributed by atoms with E-state index in [0.29, 0.717) is 12.8 Å². The molecule has 0 saturated heterocycles. The molecule has 326 valence electrons. The summed E-state index contributed by atoms with van der Waals surface area (Å²) in [5, 5.41) is 43.1. The highest BCUT2D eigenvalue weighted by atomic mass is 16.5. The Bertz CT molecular complexity index is 1890. The molecule has 0 saturated carbocycles. The molecule has 0 aliphatic rings. The minimum Gasteiger partial charge on any atom is -0.508 e. The zero-order valence-corrected chi connectivity index (χ0v) is 38.6. The maximum atomic E-state index is 13.6. The van der Waals surface area contributed by atoms with Crippen LogP contribution in [0.3, 0.4) is 0 Å². The predicted octanol–water partition coefficient (Wildman–Crippen LogP) is 11.7. The van der Waals surface area contributed by atoms with Crippen molar-refractivity contribution in [1.29, 1.82) is 0 Å². The zero-order chi connectivity index (χ0) is 45.2. The van der Waals surface area contributed by atoms with Crippen LogP contribution in [-0.4, -0.2) is 45.6 Å². The quantitative estimate of drug-likeness (QED) is 0.0774. The van der Waals surface area contributed by atoms with Crippen LogP contribution in [0.15, 0.2) is 72.8 Å². The van der Waals surface area contributed by atoms with Crippen molar-refractivity contribution in [3.05, 3.63) is 117 Å². The Balaban J connectivity index is 1.49. The smallest absolute Gasteiger partial charge is 0.307 e. The molecule has 0 unspecified atom stereocenters. The fraction of sp³-hybridized carbons (Fsp3) is 0.500. The van der Waals surface area contributed by atoms with Crippen LogP contribution in [0.4, 0.5) is 0 Å². The first kappa shape index (κ1) is 47.7. The molecule has 0 heterocycles. The predicted molar refractivity (Wildman–Crippen MR) is 241 cm³/mol. The van der Waals surface area contributed by atoms with Crippen LogP contribution in [0.25, 0.3) is 0 Å². The maximum absolute atomic E-state index is 13.6. The lowest BCUT2D eigenvalue weighted by Crippen LogP contribution is -2.30. The summed E-state index contributed by atoms with van der Waals surface area (Å²) in [6.07, 6.45) is 0.998. The van der Waals surface area contributed by atoms with Gasteiger partial charge in [0.15, 0.2) is 0 Å². The van der Waals surface area contributed by atoms with E-state index in [4.69, 9.17) is 9.47 Å². The van der Waals surface area contributed by atoms with Crippen LogP contribution in [-0.2, 0) is 51.6 Å². The van der Waals surface area contributed by atoms with E-state index in [0.717, 1.165) is 44.5 Å². The molecule has 4 rings (SSSR count). The number of benzene rings is 4. The van der Waals surface area contributed by atoms with E-state index in [-0.39, 0.29) is 70.7 Å². The zero-order valence-electron chi connectivity index (χ0n) is 38.6. The van der Waals surface area contributed by atoms with Crippen LogP contribution < -0.4 is 0 Å². The number of esters is 2. The van der Waals surface area contributed by atoms with E-state index in [1.54, 1.807) is 24.3 Å². The summed E-state index contributed by atoms with van der Waals surface area (Å²) in [5.41, 5.74) is 3.33. The highest BCUT2D eigenvalue weighted by Crippen LogP contribution is 2.45. The number of hydrogen-bond donors (Lipinski definition) is 4. The number of hydrogen-bond acceptors (Lipinski definition) is 8. The number of carbonyl (C=O) groups is 2.